The molecule has 146 valence electrons. The number of hydrogen-bond donors (Lipinski definition) is 2. The molecule has 1 saturated heterocycles. The summed E-state index contributed by atoms with van der Waals surface area (Å²) in [5.41, 5.74) is 0.776. The number of sulfonamides is 1. The number of carbonyl (C=O) groups is 1. The first-order valence-corrected chi connectivity index (χ1v) is 10.8. The van der Waals surface area contributed by atoms with Gasteiger partial charge in [-0.15, -0.1) is 0 Å². The van der Waals surface area contributed by atoms with Gasteiger partial charge in [-0.05, 0) is 30.2 Å². The van der Waals surface area contributed by atoms with Gasteiger partial charge in [-0.1, -0.05) is 44.2 Å². The van der Waals surface area contributed by atoms with Crippen LogP contribution in [0.15, 0.2) is 30.3 Å². The lowest BCUT2D eigenvalue weighted by atomic mass is 9.81. The van der Waals surface area contributed by atoms with Crippen molar-refractivity contribution in [2.24, 2.45) is 0 Å². The van der Waals surface area contributed by atoms with Gasteiger partial charge in [0.05, 0.1) is 11.9 Å². The Kier molecular flexibility index (Phi) is 7.61. The summed E-state index contributed by atoms with van der Waals surface area (Å²) in [5.74, 6) is -0.276. The standard InChI is InChI=1S/C19H30N2O4S/c1-19(2,16-8-4-3-5-9-16)14-18(22)20-11-13-26(23,24)21-15-17-10-6-7-12-25-17/h3-5,8-9,17,21H,6-7,10-15H2,1-2H3,(H,20,22). The van der Waals surface area contributed by atoms with Crippen LogP contribution >= 0.6 is 0 Å². The maximum absolute atomic E-state index is 12.2. The van der Waals surface area contributed by atoms with Crippen molar-refractivity contribution in [2.45, 2.75) is 51.0 Å². The van der Waals surface area contributed by atoms with Crippen LogP contribution in [0.25, 0.3) is 0 Å². The average molecular weight is 383 g/mol. The summed E-state index contributed by atoms with van der Waals surface area (Å²) < 4.78 is 32.2. The molecule has 0 spiro atoms. The Morgan fingerprint density at radius 3 is 2.62 bits per heavy atom. The first-order chi connectivity index (χ1) is 12.3. The first-order valence-electron chi connectivity index (χ1n) is 9.20. The number of hydrogen-bond acceptors (Lipinski definition) is 4. The summed E-state index contributed by atoms with van der Waals surface area (Å²) in [6, 6.07) is 9.83. The molecule has 6 nitrogen and oxygen atoms in total. The van der Waals surface area contributed by atoms with Gasteiger partial charge in [0.15, 0.2) is 0 Å². The minimum absolute atomic E-state index is 0.0419. The van der Waals surface area contributed by atoms with Crippen LogP contribution in [0.5, 0.6) is 0 Å². The summed E-state index contributed by atoms with van der Waals surface area (Å²) in [6.07, 6.45) is 3.25. The van der Waals surface area contributed by atoms with Crippen LogP contribution in [0.2, 0.25) is 0 Å². The summed E-state index contributed by atoms with van der Waals surface area (Å²) in [4.78, 5) is 12.2. The van der Waals surface area contributed by atoms with Gasteiger partial charge in [-0.25, -0.2) is 13.1 Å². The SMILES string of the molecule is CC(C)(CC(=O)NCCS(=O)(=O)NCC1CCCCO1)c1ccccc1. The highest BCUT2D eigenvalue weighted by Crippen LogP contribution is 2.26. The number of carbonyl (C=O) groups excluding carboxylic acids is 1. The Bertz CT molecular complexity index is 668. The number of ether oxygens (including phenoxy) is 1. The molecular weight excluding hydrogens is 352 g/mol. The molecule has 1 aliphatic heterocycles. The van der Waals surface area contributed by atoms with Gasteiger partial charge >= 0.3 is 0 Å². The fraction of sp³-hybridized carbons (Fsp3) is 0.632. The highest BCUT2D eigenvalue weighted by molar-refractivity contribution is 7.89. The number of rotatable bonds is 9. The monoisotopic (exact) mass is 382 g/mol. The summed E-state index contributed by atoms with van der Waals surface area (Å²) in [5, 5.41) is 2.71. The Labute approximate surface area is 156 Å². The van der Waals surface area contributed by atoms with Crippen molar-refractivity contribution < 1.29 is 17.9 Å². The zero-order valence-corrected chi connectivity index (χ0v) is 16.5. The third-order valence-electron chi connectivity index (χ3n) is 4.66. The van der Waals surface area contributed by atoms with E-state index in [1.54, 1.807) is 0 Å². The molecule has 26 heavy (non-hydrogen) atoms. The molecule has 7 heteroatoms. The maximum Gasteiger partial charge on any atom is 0.220 e. The molecular formula is C19H30N2O4S. The van der Waals surface area contributed by atoms with Crippen molar-refractivity contribution in [1.29, 1.82) is 0 Å². The van der Waals surface area contributed by atoms with Gasteiger partial charge in [0.25, 0.3) is 0 Å². The van der Waals surface area contributed by atoms with E-state index in [-0.39, 0.29) is 29.7 Å². The minimum atomic E-state index is -3.42. The van der Waals surface area contributed by atoms with Crippen molar-refractivity contribution in [1.82, 2.24) is 10.0 Å². The van der Waals surface area contributed by atoms with Crippen LogP contribution in [-0.2, 0) is 25.0 Å². The van der Waals surface area contributed by atoms with E-state index >= 15 is 0 Å². The molecule has 0 aromatic heterocycles. The third kappa shape index (κ3) is 7.05. The topological polar surface area (TPSA) is 84.5 Å². The van der Waals surface area contributed by atoms with Gasteiger partial charge in [0.2, 0.25) is 15.9 Å². The Morgan fingerprint density at radius 2 is 1.96 bits per heavy atom. The van der Waals surface area contributed by atoms with Crippen molar-refractivity contribution in [2.75, 3.05) is 25.4 Å². The summed E-state index contributed by atoms with van der Waals surface area (Å²) in [7, 11) is -3.42. The van der Waals surface area contributed by atoms with Crippen LogP contribution < -0.4 is 10.0 Å². The molecule has 0 aliphatic carbocycles. The van der Waals surface area contributed by atoms with Crippen molar-refractivity contribution >= 4 is 15.9 Å². The van der Waals surface area contributed by atoms with Crippen LogP contribution in [-0.4, -0.2) is 45.9 Å². The van der Waals surface area contributed by atoms with Crippen molar-refractivity contribution in [3.8, 4) is 0 Å². The lowest BCUT2D eigenvalue weighted by Crippen LogP contribution is -2.40. The lowest BCUT2D eigenvalue weighted by Gasteiger charge is -2.24. The van der Waals surface area contributed by atoms with Gasteiger partial charge < -0.3 is 10.1 Å². The number of amides is 1. The zero-order valence-electron chi connectivity index (χ0n) is 15.7. The fourth-order valence-corrected chi connectivity index (χ4v) is 4.00. The third-order valence-corrected chi connectivity index (χ3v) is 6.00. The van der Waals surface area contributed by atoms with Gasteiger partial charge in [-0.2, -0.15) is 0 Å². The molecule has 0 radical (unpaired) electrons. The van der Waals surface area contributed by atoms with Crippen molar-refractivity contribution in [3.63, 3.8) is 0 Å². The maximum atomic E-state index is 12.2. The molecule has 1 fully saturated rings. The van der Waals surface area contributed by atoms with Crippen LogP contribution in [0, 0.1) is 0 Å². The van der Waals surface area contributed by atoms with E-state index in [0.717, 1.165) is 24.8 Å². The van der Waals surface area contributed by atoms with Crippen LogP contribution in [0.3, 0.4) is 0 Å². The summed E-state index contributed by atoms with van der Waals surface area (Å²) >= 11 is 0. The summed E-state index contributed by atoms with van der Waals surface area (Å²) in [6.45, 7) is 5.11. The molecule has 1 heterocycles. The second kappa shape index (κ2) is 9.48. The minimum Gasteiger partial charge on any atom is -0.377 e. The van der Waals surface area contributed by atoms with E-state index in [1.807, 2.05) is 44.2 Å². The molecule has 1 aliphatic rings. The Morgan fingerprint density at radius 1 is 1.23 bits per heavy atom. The van der Waals surface area contributed by atoms with Gasteiger partial charge in [-0.3, -0.25) is 4.79 Å². The highest BCUT2D eigenvalue weighted by atomic mass is 32.2. The molecule has 2 N–H and O–H groups in total. The van der Waals surface area contributed by atoms with Crippen LogP contribution in [0.1, 0.15) is 45.1 Å². The largest absolute Gasteiger partial charge is 0.377 e. The number of benzene rings is 1. The van der Waals surface area contributed by atoms with Gasteiger partial charge in [0, 0.05) is 26.1 Å². The van der Waals surface area contributed by atoms with E-state index in [2.05, 4.69) is 10.0 Å². The van der Waals surface area contributed by atoms with Gasteiger partial charge in [0.1, 0.15) is 0 Å². The number of nitrogens with one attached hydrogen (secondary N) is 2. The molecule has 1 aromatic carbocycles. The first kappa shape index (κ1) is 20.9. The second-order valence-electron chi connectivity index (χ2n) is 7.43. The molecule has 1 aromatic rings. The highest BCUT2D eigenvalue weighted by Gasteiger charge is 2.24. The second-order valence-corrected chi connectivity index (χ2v) is 9.36. The van der Waals surface area contributed by atoms with E-state index in [9.17, 15) is 13.2 Å². The van der Waals surface area contributed by atoms with Crippen molar-refractivity contribution in [3.05, 3.63) is 35.9 Å². The van der Waals surface area contributed by atoms with Crippen LogP contribution in [0.4, 0.5) is 0 Å². The molecule has 2 rings (SSSR count). The zero-order chi connectivity index (χ0) is 19.0. The molecule has 1 atom stereocenters. The van der Waals surface area contributed by atoms with E-state index in [0.29, 0.717) is 19.6 Å². The van der Waals surface area contributed by atoms with E-state index in [1.165, 1.54) is 0 Å². The normalized spacial score (nSPS) is 18.5. The molecule has 1 unspecified atom stereocenters. The fourth-order valence-electron chi connectivity index (χ4n) is 3.04. The average Bonchev–Trinajstić information content (AvgIpc) is 2.61. The smallest absolute Gasteiger partial charge is 0.220 e. The van der Waals surface area contributed by atoms with E-state index < -0.39 is 10.0 Å². The Balaban J connectivity index is 1.71. The predicted octanol–water partition coefficient (Wildman–Crippen LogP) is 1.96. The van der Waals surface area contributed by atoms with E-state index in [4.69, 9.17) is 4.74 Å². The molecule has 1 amide bonds. The quantitative estimate of drug-likeness (QED) is 0.684. The Hall–Kier alpha value is -1.44. The molecule has 0 bridgehead atoms. The molecule has 0 saturated carbocycles. The predicted molar refractivity (Wildman–Crippen MR) is 102 cm³/mol. The lowest BCUT2D eigenvalue weighted by molar-refractivity contribution is -0.122.